The minimum Gasteiger partial charge on any atom is -0.494 e. The van der Waals surface area contributed by atoms with Crippen molar-refractivity contribution in [1.29, 1.82) is 0 Å². The molecule has 0 amide bonds. The number of halogens is 1. The fraction of sp³-hybridized carbons (Fsp3) is 0.500. The lowest BCUT2D eigenvalue weighted by Crippen LogP contribution is -2.30. The Bertz CT molecular complexity index is 360. The summed E-state index contributed by atoms with van der Waals surface area (Å²) in [4.78, 5) is 1.81. The molecule has 1 rings (SSSR count). The van der Waals surface area contributed by atoms with Gasteiger partial charge in [-0.2, -0.15) is 0 Å². The van der Waals surface area contributed by atoms with Gasteiger partial charge in [-0.1, -0.05) is 6.07 Å². The van der Waals surface area contributed by atoms with Gasteiger partial charge in [0.25, 0.3) is 0 Å². The van der Waals surface area contributed by atoms with Crippen LogP contribution in [-0.2, 0) is 6.54 Å². The van der Waals surface area contributed by atoms with Crippen LogP contribution in [0, 0.1) is 5.82 Å². The van der Waals surface area contributed by atoms with Gasteiger partial charge >= 0.3 is 0 Å². The van der Waals surface area contributed by atoms with Gasteiger partial charge in [-0.15, -0.1) is 0 Å². The Hall–Kier alpha value is -1.17. The van der Waals surface area contributed by atoms with Crippen molar-refractivity contribution in [3.8, 4) is 5.75 Å². The highest BCUT2D eigenvalue weighted by Gasteiger charge is 2.09. The van der Waals surface area contributed by atoms with E-state index in [1.807, 2.05) is 4.90 Å². The van der Waals surface area contributed by atoms with E-state index in [1.54, 1.807) is 19.2 Å². The van der Waals surface area contributed by atoms with Crippen LogP contribution in [0.5, 0.6) is 5.75 Å². The van der Waals surface area contributed by atoms with E-state index in [1.165, 1.54) is 13.2 Å². The largest absolute Gasteiger partial charge is 0.494 e. The van der Waals surface area contributed by atoms with Crippen molar-refractivity contribution < 1.29 is 19.3 Å². The van der Waals surface area contributed by atoms with Crippen molar-refractivity contribution in [3.63, 3.8) is 0 Å². The molecule has 1 aromatic rings. The normalized spacial score (nSPS) is 12.8. The van der Waals surface area contributed by atoms with Crippen LogP contribution in [0.4, 0.5) is 4.39 Å². The van der Waals surface area contributed by atoms with Crippen molar-refractivity contribution in [1.82, 2.24) is 4.90 Å². The zero-order chi connectivity index (χ0) is 12.8. The lowest BCUT2D eigenvalue weighted by Gasteiger charge is -2.19. The van der Waals surface area contributed by atoms with Crippen LogP contribution in [0.1, 0.15) is 5.56 Å². The van der Waals surface area contributed by atoms with Gasteiger partial charge in [0, 0.05) is 13.1 Å². The molecule has 0 aliphatic carbocycles. The Labute approximate surface area is 100 Å². The SMILES string of the molecule is COc1ccc(CN(C)CC(O)CO)cc1F. The fourth-order valence-electron chi connectivity index (χ4n) is 1.60. The second-order valence-corrected chi connectivity index (χ2v) is 4.00. The predicted octanol–water partition coefficient (Wildman–Crippen LogP) is 0.619. The van der Waals surface area contributed by atoms with E-state index in [2.05, 4.69) is 0 Å². The van der Waals surface area contributed by atoms with Gasteiger partial charge in [0.15, 0.2) is 11.6 Å². The molecule has 1 atom stereocenters. The third kappa shape index (κ3) is 4.30. The second kappa shape index (κ2) is 6.54. The average Bonchev–Trinajstić information content (AvgIpc) is 2.29. The molecular formula is C12H18FNO3. The third-order valence-electron chi connectivity index (χ3n) is 2.40. The number of hydrogen-bond acceptors (Lipinski definition) is 4. The van der Waals surface area contributed by atoms with Crippen molar-refractivity contribution in [3.05, 3.63) is 29.6 Å². The molecule has 1 aromatic carbocycles. The van der Waals surface area contributed by atoms with Crippen LogP contribution in [0.25, 0.3) is 0 Å². The molecule has 0 heterocycles. The molecule has 1 unspecified atom stereocenters. The molecule has 96 valence electrons. The molecule has 17 heavy (non-hydrogen) atoms. The number of hydrogen-bond donors (Lipinski definition) is 2. The Morgan fingerprint density at radius 1 is 1.47 bits per heavy atom. The van der Waals surface area contributed by atoms with Crippen LogP contribution in [0.3, 0.4) is 0 Å². The quantitative estimate of drug-likeness (QED) is 0.769. The van der Waals surface area contributed by atoms with Crippen LogP contribution < -0.4 is 4.74 Å². The van der Waals surface area contributed by atoms with Gasteiger partial charge in [-0.05, 0) is 24.7 Å². The average molecular weight is 243 g/mol. The molecule has 4 nitrogen and oxygen atoms in total. The molecule has 2 N–H and O–H groups in total. The van der Waals surface area contributed by atoms with E-state index in [0.29, 0.717) is 13.1 Å². The molecule has 0 radical (unpaired) electrons. The summed E-state index contributed by atoms with van der Waals surface area (Å²) in [7, 11) is 3.21. The van der Waals surface area contributed by atoms with Gasteiger partial charge in [0.2, 0.25) is 0 Å². The maximum absolute atomic E-state index is 13.4. The van der Waals surface area contributed by atoms with Gasteiger partial charge in [0.05, 0.1) is 19.8 Å². The number of rotatable bonds is 6. The summed E-state index contributed by atoms with van der Waals surface area (Å²) in [5.74, 6) is -0.187. The first kappa shape index (κ1) is 13.9. The molecule has 0 saturated carbocycles. The zero-order valence-corrected chi connectivity index (χ0v) is 10.1. The first-order valence-electron chi connectivity index (χ1n) is 5.36. The fourth-order valence-corrected chi connectivity index (χ4v) is 1.60. The van der Waals surface area contributed by atoms with E-state index < -0.39 is 11.9 Å². The van der Waals surface area contributed by atoms with E-state index in [0.717, 1.165) is 5.56 Å². The van der Waals surface area contributed by atoms with Gasteiger partial charge in [-0.3, -0.25) is 4.90 Å². The third-order valence-corrected chi connectivity index (χ3v) is 2.40. The maximum Gasteiger partial charge on any atom is 0.165 e. The minimum atomic E-state index is -0.775. The highest BCUT2D eigenvalue weighted by atomic mass is 19.1. The van der Waals surface area contributed by atoms with Crippen LogP contribution in [0.2, 0.25) is 0 Å². The van der Waals surface area contributed by atoms with E-state index in [4.69, 9.17) is 9.84 Å². The number of aliphatic hydroxyl groups excluding tert-OH is 2. The van der Waals surface area contributed by atoms with E-state index in [9.17, 15) is 9.50 Å². The maximum atomic E-state index is 13.4. The highest BCUT2D eigenvalue weighted by Crippen LogP contribution is 2.18. The number of likely N-dealkylation sites (N-methyl/N-ethyl adjacent to an activating group) is 1. The topological polar surface area (TPSA) is 52.9 Å². The van der Waals surface area contributed by atoms with Gasteiger partial charge in [0.1, 0.15) is 0 Å². The first-order valence-corrected chi connectivity index (χ1v) is 5.36. The van der Waals surface area contributed by atoms with Crippen molar-refractivity contribution >= 4 is 0 Å². The lowest BCUT2D eigenvalue weighted by molar-refractivity contribution is 0.0648. The molecule has 0 fully saturated rings. The predicted molar refractivity (Wildman–Crippen MR) is 62.4 cm³/mol. The van der Waals surface area contributed by atoms with Crippen molar-refractivity contribution in [2.45, 2.75) is 12.6 Å². The Morgan fingerprint density at radius 3 is 2.71 bits per heavy atom. The summed E-state index contributed by atoms with van der Waals surface area (Å²) in [6.45, 7) is 0.559. The van der Waals surface area contributed by atoms with Crippen molar-refractivity contribution in [2.24, 2.45) is 0 Å². The monoisotopic (exact) mass is 243 g/mol. The van der Waals surface area contributed by atoms with Gasteiger partial charge < -0.3 is 14.9 Å². The summed E-state index contributed by atoms with van der Waals surface area (Å²) in [5, 5.41) is 18.0. The lowest BCUT2D eigenvalue weighted by atomic mass is 10.2. The molecule has 0 aliphatic heterocycles. The number of aliphatic hydroxyl groups is 2. The smallest absolute Gasteiger partial charge is 0.165 e. The molecule has 5 heteroatoms. The molecular weight excluding hydrogens is 225 g/mol. The van der Waals surface area contributed by atoms with Crippen LogP contribution in [-0.4, -0.2) is 48.5 Å². The molecule has 0 aliphatic rings. The Balaban J connectivity index is 2.59. The van der Waals surface area contributed by atoms with Crippen LogP contribution in [0.15, 0.2) is 18.2 Å². The summed E-state index contributed by atoms with van der Waals surface area (Å²) >= 11 is 0. The zero-order valence-electron chi connectivity index (χ0n) is 10.1. The second-order valence-electron chi connectivity index (χ2n) is 4.00. The van der Waals surface area contributed by atoms with Crippen molar-refractivity contribution in [2.75, 3.05) is 27.3 Å². The first-order chi connectivity index (χ1) is 8.06. The highest BCUT2D eigenvalue weighted by molar-refractivity contribution is 5.29. The molecule has 0 bridgehead atoms. The molecule has 0 spiro atoms. The number of nitrogens with zero attached hydrogens (tertiary/aromatic N) is 1. The minimum absolute atomic E-state index is 0.215. The Morgan fingerprint density at radius 2 is 2.18 bits per heavy atom. The van der Waals surface area contributed by atoms with Crippen LogP contribution >= 0.6 is 0 Å². The molecule has 0 saturated heterocycles. The summed E-state index contributed by atoms with van der Waals surface area (Å²) in [6, 6.07) is 4.74. The standard InChI is InChI=1S/C12H18FNO3/c1-14(7-10(16)8-15)6-9-3-4-12(17-2)11(13)5-9/h3-5,10,15-16H,6-8H2,1-2H3. The van der Waals surface area contributed by atoms with E-state index in [-0.39, 0.29) is 12.4 Å². The summed E-state index contributed by atoms with van der Waals surface area (Å²) in [5.41, 5.74) is 0.788. The van der Waals surface area contributed by atoms with Gasteiger partial charge in [-0.25, -0.2) is 4.39 Å². The van der Waals surface area contributed by atoms with E-state index >= 15 is 0 Å². The number of benzene rings is 1. The summed E-state index contributed by atoms with van der Waals surface area (Å²) < 4.78 is 18.2. The molecule has 0 aromatic heterocycles. The summed E-state index contributed by atoms with van der Waals surface area (Å²) in [6.07, 6.45) is -0.775. The number of methoxy groups -OCH3 is 1. The number of ether oxygens (including phenoxy) is 1. The Kier molecular flexibility index (Phi) is 5.34.